The van der Waals surface area contributed by atoms with E-state index in [0.717, 1.165) is 16.3 Å². The van der Waals surface area contributed by atoms with Crippen LogP contribution < -0.4 is 0 Å². The Hall–Kier alpha value is -1.40. The fourth-order valence-corrected chi connectivity index (χ4v) is 1.82. The van der Waals surface area contributed by atoms with Crippen molar-refractivity contribution in [3.05, 3.63) is 48.0 Å². The third kappa shape index (κ3) is 3.80. The Morgan fingerprint density at radius 2 is 1.80 bits per heavy atom. The first-order valence-corrected chi connectivity index (χ1v) is 6.87. The lowest BCUT2D eigenvalue weighted by atomic mass is 10.1. The average Bonchev–Trinajstić information content (AvgIpc) is 2.42. The molecular weight excluding hydrogens is 317 g/mol. The van der Waals surface area contributed by atoms with E-state index in [1.54, 1.807) is 0 Å². The summed E-state index contributed by atoms with van der Waals surface area (Å²) >= 11 is 16.5. The zero-order chi connectivity index (χ0) is 14.6. The van der Waals surface area contributed by atoms with Crippen molar-refractivity contribution in [1.82, 2.24) is 0 Å². The third-order valence-electron chi connectivity index (χ3n) is 2.56. The fourth-order valence-electron chi connectivity index (χ4n) is 1.66. The lowest BCUT2D eigenvalue weighted by Crippen LogP contribution is -2.21. The van der Waals surface area contributed by atoms with Gasteiger partial charge in [-0.1, -0.05) is 83.0 Å². The number of nitrogens with one attached hydrogen (secondary N) is 1. The van der Waals surface area contributed by atoms with Crippen LogP contribution in [0.4, 0.5) is 0 Å². The number of halogens is 3. The zero-order valence-electron chi connectivity index (χ0n) is 10.3. The van der Waals surface area contributed by atoms with Crippen LogP contribution in [-0.4, -0.2) is 16.3 Å². The quantitative estimate of drug-likeness (QED) is 0.354. The van der Waals surface area contributed by atoms with Crippen LogP contribution in [0.15, 0.2) is 42.5 Å². The van der Waals surface area contributed by atoms with E-state index in [-0.39, 0.29) is 6.61 Å². The summed E-state index contributed by atoms with van der Waals surface area (Å²) < 4.78 is 3.11. The van der Waals surface area contributed by atoms with Gasteiger partial charge in [0.2, 0.25) is 5.90 Å². The molecule has 0 radical (unpaired) electrons. The van der Waals surface area contributed by atoms with Crippen molar-refractivity contribution in [2.45, 2.75) is 3.79 Å². The average molecular weight is 327 g/mol. The van der Waals surface area contributed by atoms with E-state index in [9.17, 15) is 0 Å². The molecule has 2 aromatic rings. The van der Waals surface area contributed by atoms with Crippen molar-refractivity contribution in [3.63, 3.8) is 0 Å². The molecule has 0 saturated carbocycles. The highest BCUT2D eigenvalue weighted by atomic mass is 35.6. The Balaban J connectivity index is 2.11. The van der Waals surface area contributed by atoms with Crippen LogP contribution >= 0.6 is 34.8 Å². The molecule has 5 heteroatoms. The monoisotopic (exact) mass is 325 g/mol. The minimum Gasteiger partial charge on any atom is -0.465 e. The zero-order valence-corrected chi connectivity index (χ0v) is 12.6. The Morgan fingerprint density at radius 1 is 1.10 bits per heavy atom. The first-order valence-electron chi connectivity index (χ1n) is 5.73. The minimum atomic E-state index is -1.85. The highest BCUT2D eigenvalue weighted by Gasteiger charge is 2.28. The number of hydrogen-bond acceptors (Lipinski definition) is 2. The predicted octanol–water partition coefficient (Wildman–Crippen LogP) is 4.56. The van der Waals surface area contributed by atoms with E-state index < -0.39 is 9.69 Å². The van der Waals surface area contributed by atoms with Gasteiger partial charge in [0.15, 0.2) is 6.61 Å². The summed E-state index contributed by atoms with van der Waals surface area (Å²) in [7, 11) is 0. The molecule has 0 amide bonds. The maximum atomic E-state index is 7.37. The van der Waals surface area contributed by atoms with Gasteiger partial charge in [-0.25, -0.2) is 0 Å². The number of hydrogen-bond donors (Lipinski definition) is 1. The molecule has 2 nitrogen and oxygen atoms in total. The molecule has 1 N–H and O–H groups in total. The van der Waals surface area contributed by atoms with Crippen molar-refractivity contribution in [1.29, 1.82) is 5.41 Å². The second-order valence-corrected chi connectivity index (χ2v) is 6.23. The van der Waals surface area contributed by atoms with Gasteiger partial charge in [-0.05, 0) is 16.8 Å². The SMILES string of the molecule is N=C(OCC#Cc1cccc2ccccc12)C(Cl)(Cl)Cl. The highest BCUT2D eigenvalue weighted by Crippen LogP contribution is 2.27. The number of rotatable bonds is 1. The van der Waals surface area contributed by atoms with E-state index in [4.69, 9.17) is 44.9 Å². The van der Waals surface area contributed by atoms with Crippen LogP contribution in [0.25, 0.3) is 10.8 Å². The molecule has 0 aromatic heterocycles. The van der Waals surface area contributed by atoms with Crippen LogP contribution in [-0.2, 0) is 4.74 Å². The largest absolute Gasteiger partial charge is 0.465 e. The molecule has 2 aromatic carbocycles. The van der Waals surface area contributed by atoms with Crippen LogP contribution in [0.3, 0.4) is 0 Å². The van der Waals surface area contributed by atoms with Gasteiger partial charge in [-0.15, -0.1) is 0 Å². The molecule has 0 atom stereocenters. The molecule has 0 aliphatic carbocycles. The molecule has 0 fully saturated rings. The number of fused-ring (bicyclic) bond motifs is 1. The standard InChI is InChI=1S/C15H10Cl3NO/c16-15(17,18)14(19)20-10-4-8-12-7-3-6-11-5-1-2-9-13(11)12/h1-3,5-7,9,19H,10H2. The Kier molecular flexibility index (Phi) is 4.77. The van der Waals surface area contributed by atoms with E-state index in [1.807, 2.05) is 42.5 Å². The smallest absolute Gasteiger partial charge is 0.265 e. The molecular formula is C15H10Cl3NO. The predicted molar refractivity (Wildman–Crippen MR) is 84.8 cm³/mol. The summed E-state index contributed by atoms with van der Waals surface area (Å²) in [5.74, 6) is 5.37. The maximum Gasteiger partial charge on any atom is 0.265 e. The molecule has 0 heterocycles. The summed E-state index contributed by atoms with van der Waals surface area (Å²) in [5.41, 5.74) is 0.895. The van der Waals surface area contributed by atoms with E-state index in [2.05, 4.69) is 11.8 Å². The summed E-state index contributed by atoms with van der Waals surface area (Å²) in [6, 6.07) is 13.9. The molecule has 0 saturated heterocycles. The first-order chi connectivity index (χ1) is 9.48. The van der Waals surface area contributed by atoms with Gasteiger partial charge >= 0.3 is 0 Å². The Morgan fingerprint density at radius 3 is 2.55 bits per heavy atom. The molecule has 2 rings (SSSR count). The van der Waals surface area contributed by atoms with Crippen molar-refractivity contribution in [2.75, 3.05) is 6.61 Å². The maximum absolute atomic E-state index is 7.37. The molecule has 0 unspecified atom stereocenters. The van der Waals surface area contributed by atoms with Gasteiger partial charge in [0.25, 0.3) is 3.79 Å². The van der Waals surface area contributed by atoms with Crippen molar-refractivity contribution in [2.24, 2.45) is 0 Å². The van der Waals surface area contributed by atoms with Gasteiger partial charge in [-0.3, -0.25) is 5.41 Å². The topological polar surface area (TPSA) is 33.1 Å². The summed E-state index contributed by atoms with van der Waals surface area (Å²) in [4.78, 5) is 0. The fraction of sp³-hybridized carbons (Fsp3) is 0.133. The lowest BCUT2D eigenvalue weighted by molar-refractivity contribution is 0.347. The molecule has 0 spiro atoms. The minimum absolute atomic E-state index is 0.00400. The number of ether oxygens (including phenoxy) is 1. The van der Waals surface area contributed by atoms with Crippen molar-refractivity contribution < 1.29 is 4.74 Å². The molecule has 0 bridgehead atoms. The van der Waals surface area contributed by atoms with Gasteiger partial charge in [0.05, 0.1) is 0 Å². The normalized spacial score (nSPS) is 10.8. The second-order valence-electron chi connectivity index (χ2n) is 3.94. The van der Waals surface area contributed by atoms with Gasteiger partial charge < -0.3 is 4.74 Å². The number of benzene rings is 2. The Bertz CT molecular complexity index is 690. The lowest BCUT2D eigenvalue weighted by Gasteiger charge is -2.11. The van der Waals surface area contributed by atoms with Crippen LogP contribution in [0.2, 0.25) is 0 Å². The van der Waals surface area contributed by atoms with E-state index >= 15 is 0 Å². The second kappa shape index (κ2) is 6.37. The van der Waals surface area contributed by atoms with Gasteiger partial charge in [0, 0.05) is 5.56 Å². The van der Waals surface area contributed by atoms with Crippen LogP contribution in [0, 0.1) is 17.3 Å². The summed E-state index contributed by atoms with van der Waals surface area (Å²) in [6.07, 6.45) is 0. The summed E-state index contributed by atoms with van der Waals surface area (Å²) in [6.45, 7) is -0.00400. The number of alkyl halides is 3. The summed E-state index contributed by atoms with van der Waals surface area (Å²) in [5, 5.41) is 9.56. The van der Waals surface area contributed by atoms with E-state index in [0.29, 0.717) is 0 Å². The molecule has 102 valence electrons. The third-order valence-corrected chi connectivity index (χ3v) is 3.07. The van der Waals surface area contributed by atoms with Crippen LogP contribution in [0.5, 0.6) is 0 Å². The molecule has 20 heavy (non-hydrogen) atoms. The van der Waals surface area contributed by atoms with Crippen LogP contribution in [0.1, 0.15) is 5.56 Å². The molecule has 0 aliphatic rings. The highest BCUT2D eigenvalue weighted by molar-refractivity contribution is 6.76. The Labute approximate surface area is 132 Å². The van der Waals surface area contributed by atoms with Crippen molar-refractivity contribution in [3.8, 4) is 11.8 Å². The van der Waals surface area contributed by atoms with Crippen molar-refractivity contribution >= 4 is 51.5 Å². The molecule has 0 aliphatic heterocycles. The van der Waals surface area contributed by atoms with Gasteiger partial charge in [-0.2, -0.15) is 0 Å². The van der Waals surface area contributed by atoms with E-state index in [1.165, 1.54) is 0 Å². The van der Waals surface area contributed by atoms with Gasteiger partial charge in [0.1, 0.15) is 0 Å². The first kappa shape index (κ1) is 15.0.